The quantitative estimate of drug-likeness (QED) is 0.556. The standard InChI is InChI=1S/C17H20N4O4/c1-3-25-17(23)12-6-4-5-7-13(12)21-15-11-19-14(10-20-15)16(22)18-8-9-24-2/h4-7,10-11H,3,8-9H2,1-2H3,(H,18,22)(H,20,21). The van der Waals surface area contributed by atoms with Crippen molar-refractivity contribution in [2.45, 2.75) is 6.92 Å². The third-order valence-electron chi connectivity index (χ3n) is 3.16. The summed E-state index contributed by atoms with van der Waals surface area (Å²) in [6.45, 7) is 2.85. The summed E-state index contributed by atoms with van der Waals surface area (Å²) in [6, 6.07) is 6.93. The van der Waals surface area contributed by atoms with Crippen LogP contribution in [0.3, 0.4) is 0 Å². The van der Waals surface area contributed by atoms with E-state index < -0.39 is 5.97 Å². The molecule has 0 unspecified atom stereocenters. The van der Waals surface area contributed by atoms with Gasteiger partial charge in [-0.25, -0.2) is 14.8 Å². The summed E-state index contributed by atoms with van der Waals surface area (Å²) >= 11 is 0. The van der Waals surface area contributed by atoms with Gasteiger partial charge in [0.15, 0.2) is 0 Å². The lowest BCUT2D eigenvalue weighted by molar-refractivity contribution is 0.0527. The van der Waals surface area contributed by atoms with Crippen molar-refractivity contribution in [1.29, 1.82) is 0 Å². The Morgan fingerprint density at radius 2 is 1.96 bits per heavy atom. The molecule has 0 radical (unpaired) electrons. The molecule has 2 aromatic rings. The molecule has 0 saturated heterocycles. The van der Waals surface area contributed by atoms with Gasteiger partial charge in [0.2, 0.25) is 0 Å². The number of nitrogens with one attached hydrogen (secondary N) is 2. The summed E-state index contributed by atoms with van der Waals surface area (Å²) in [7, 11) is 1.56. The van der Waals surface area contributed by atoms with Gasteiger partial charge < -0.3 is 20.1 Å². The monoisotopic (exact) mass is 344 g/mol. The maximum Gasteiger partial charge on any atom is 0.340 e. The number of nitrogens with zero attached hydrogens (tertiary/aromatic N) is 2. The van der Waals surface area contributed by atoms with E-state index in [0.717, 1.165) is 0 Å². The molecule has 8 nitrogen and oxygen atoms in total. The van der Waals surface area contributed by atoms with Gasteiger partial charge in [-0.2, -0.15) is 0 Å². The molecular formula is C17H20N4O4. The fourth-order valence-corrected chi connectivity index (χ4v) is 1.98. The van der Waals surface area contributed by atoms with Gasteiger partial charge in [0.25, 0.3) is 5.91 Å². The molecule has 2 rings (SSSR count). The maximum absolute atomic E-state index is 12.0. The average Bonchev–Trinajstić information content (AvgIpc) is 2.63. The molecule has 1 aromatic heterocycles. The van der Waals surface area contributed by atoms with Crippen LogP contribution in [-0.2, 0) is 9.47 Å². The van der Waals surface area contributed by atoms with Crippen LogP contribution in [0, 0.1) is 0 Å². The molecule has 0 aliphatic heterocycles. The van der Waals surface area contributed by atoms with Crippen LogP contribution in [0.5, 0.6) is 0 Å². The first-order chi connectivity index (χ1) is 12.2. The Bertz CT molecular complexity index is 719. The van der Waals surface area contributed by atoms with Crippen LogP contribution in [0.2, 0.25) is 0 Å². The topological polar surface area (TPSA) is 102 Å². The van der Waals surface area contributed by atoms with Crippen LogP contribution in [0.15, 0.2) is 36.7 Å². The molecule has 0 fully saturated rings. The third-order valence-corrected chi connectivity index (χ3v) is 3.16. The Morgan fingerprint density at radius 3 is 2.64 bits per heavy atom. The molecule has 25 heavy (non-hydrogen) atoms. The Labute approximate surface area is 145 Å². The molecule has 0 aliphatic carbocycles. The number of hydrogen-bond donors (Lipinski definition) is 2. The van der Waals surface area contributed by atoms with Crippen LogP contribution >= 0.6 is 0 Å². The zero-order valence-electron chi connectivity index (χ0n) is 14.1. The SMILES string of the molecule is CCOC(=O)c1ccccc1Nc1cnc(C(=O)NCCOC)cn1. The smallest absolute Gasteiger partial charge is 0.340 e. The van der Waals surface area contributed by atoms with Crippen molar-refractivity contribution in [3.8, 4) is 0 Å². The van der Waals surface area contributed by atoms with Crippen LogP contribution in [0.1, 0.15) is 27.8 Å². The predicted molar refractivity (Wildman–Crippen MR) is 91.9 cm³/mol. The number of carbonyl (C=O) groups is 2. The first-order valence-corrected chi connectivity index (χ1v) is 7.78. The second kappa shape index (κ2) is 9.33. The first-order valence-electron chi connectivity index (χ1n) is 7.78. The Morgan fingerprint density at radius 1 is 1.16 bits per heavy atom. The lowest BCUT2D eigenvalue weighted by Gasteiger charge is -2.10. The minimum absolute atomic E-state index is 0.195. The predicted octanol–water partition coefficient (Wildman–Crippen LogP) is 1.77. The van der Waals surface area contributed by atoms with E-state index in [1.54, 1.807) is 38.3 Å². The summed E-state index contributed by atoms with van der Waals surface area (Å²) < 4.78 is 9.89. The van der Waals surface area contributed by atoms with Gasteiger partial charge in [-0.15, -0.1) is 0 Å². The van der Waals surface area contributed by atoms with Gasteiger partial charge >= 0.3 is 5.97 Å². The van der Waals surface area contributed by atoms with E-state index in [1.165, 1.54) is 12.4 Å². The number of ether oxygens (including phenoxy) is 2. The van der Waals surface area contributed by atoms with Gasteiger partial charge in [0, 0.05) is 13.7 Å². The lowest BCUT2D eigenvalue weighted by atomic mass is 10.2. The highest BCUT2D eigenvalue weighted by molar-refractivity contribution is 5.96. The molecule has 2 N–H and O–H groups in total. The molecule has 132 valence electrons. The van der Waals surface area contributed by atoms with Crippen molar-refractivity contribution in [1.82, 2.24) is 15.3 Å². The van der Waals surface area contributed by atoms with Crippen molar-refractivity contribution < 1.29 is 19.1 Å². The second-order valence-corrected chi connectivity index (χ2v) is 4.93. The van der Waals surface area contributed by atoms with Crippen molar-refractivity contribution in [2.75, 3.05) is 32.2 Å². The number of aromatic nitrogens is 2. The molecule has 0 aliphatic rings. The van der Waals surface area contributed by atoms with Crippen LogP contribution in [0.25, 0.3) is 0 Å². The average molecular weight is 344 g/mol. The van der Waals surface area contributed by atoms with Crippen molar-refractivity contribution >= 4 is 23.4 Å². The number of esters is 1. The molecule has 1 aromatic carbocycles. The zero-order valence-corrected chi connectivity index (χ0v) is 14.1. The third kappa shape index (κ3) is 5.25. The van der Waals surface area contributed by atoms with E-state index in [0.29, 0.717) is 36.8 Å². The van der Waals surface area contributed by atoms with Crippen LogP contribution in [0.4, 0.5) is 11.5 Å². The highest BCUT2D eigenvalue weighted by Gasteiger charge is 2.13. The van der Waals surface area contributed by atoms with Crippen molar-refractivity contribution in [3.63, 3.8) is 0 Å². The molecular weight excluding hydrogens is 324 g/mol. The number of rotatable bonds is 8. The summed E-state index contributed by atoms with van der Waals surface area (Å²) in [4.78, 5) is 32.0. The second-order valence-electron chi connectivity index (χ2n) is 4.93. The van der Waals surface area contributed by atoms with E-state index >= 15 is 0 Å². The minimum atomic E-state index is -0.423. The number of benzene rings is 1. The summed E-state index contributed by atoms with van der Waals surface area (Å²) in [6.07, 6.45) is 2.78. The van der Waals surface area contributed by atoms with E-state index in [2.05, 4.69) is 20.6 Å². The van der Waals surface area contributed by atoms with Crippen molar-refractivity contribution in [2.24, 2.45) is 0 Å². The number of para-hydroxylation sites is 1. The molecule has 1 amide bonds. The van der Waals surface area contributed by atoms with Gasteiger partial charge in [0.1, 0.15) is 11.5 Å². The van der Waals surface area contributed by atoms with E-state index in [-0.39, 0.29) is 11.6 Å². The number of amides is 1. The highest BCUT2D eigenvalue weighted by Crippen LogP contribution is 2.20. The van der Waals surface area contributed by atoms with Gasteiger partial charge in [0.05, 0.1) is 36.9 Å². The van der Waals surface area contributed by atoms with Crippen LogP contribution in [-0.4, -0.2) is 48.7 Å². The Balaban J connectivity index is 2.07. The summed E-state index contributed by atoms with van der Waals surface area (Å²) in [5, 5.41) is 5.66. The van der Waals surface area contributed by atoms with E-state index in [9.17, 15) is 9.59 Å². The molecule has 0 bridgehead atoms. The summed E-state index contributed by atoms with van der Waals surface area (Å²) in [5.74, 6) is -0.346. The maximum atomic E-state index is 12.0. The minimum Gasteiger partial charge on any atom is -0.462 e. The fraction of sp³-hybridized carbons (Fsp3) is 0.294. The molecule has 0 atom stereocenters. The van der Waals surface area contributed by atoms with Crippen LogP contribution < -0.4 is 10.6 Å². The van der Waals surface area contributed by atoms with Gasteiger partial charge in [-0.1, -0.05) is 12.1 Å². The number of hydrogen-bond acceptors (Lipinski definition) is 7. The van der Waals surface area contributed by atoms with Crippen molar-refractivity contribution in [3.05, 3.63) is 47.9 Å². The largest absolute Gasteiger partial charge is 0.462 e. The van der Waals surface area contributed by atoms with Gasteiger partial charge in [-0.3, -0.25) is 4.79 Å². The van der Waals surface area contributed by atoms with E-state index in [1.807, 2.05) is 0 Å². The first kappa shape index (κ1) is 18.3. The van der Waals surface area contributed by atoms with E-state index in [4.69, 9.17) is 9.47 Å². The number of anilines is 2. The highest BCUT2D eigenvalue weighted by atomic mass is 16.5. The van der Waals surface area contributed by atoms with Gasteiger partial charge in [-0.05, 0) is 19.1 Å². The Hall–Kier alpha value is -3.00. The molecule has 0 saturated carbocycles. The summed E-state index contributed by atoms with van der Waals surface area (Å²) in [5.41, 5.74) is 1.14. The molecule has 1 heterocycles. The molecule has 0 spiro atoms. The number of carbonyl (C=O) groups excluding carboxylic acids is 2. The molecule has 8 heteroatoms. The lowest BCUT2D eigenvalue weighted by Crippen LogP contribution is -2.27. The fourth-order valence-electron chi connectivity index (χ4n) is 1.98. The number of methoxy groups -OCH3 is 1. The zero-order chi connectivity index (χ0) is 18.1. The normalized spacial score (nSPS) is 10.2. The Kier molecular flexibility index (Phi) is 6.85.